The molecule has 8 bridgehead atoms. The summed E-state index contributed by atoms with van der Waals surface area (Å²) < 4.78 is 0.700. The molecule has 0 nitrogen and oxygen atoms in total. The third kappa shape index (κ3) is 1.61. The molecule has 0 atom stereocenters. The van der Waals surface area contributed by atoms with Crippen LogP contribution in [0, 0.1) is 46.3 Å². The van der Waals surface area contributed by atoms with Gasteiger partial charge in [-0.1, -0.05) is 21.6 Å². The van der Waals surface area contributed by atoms with Gasteiger partial charge in [-0.25, -0.2) is 0 Å². The van der Waals surface area contributed by atoms with E-state index in [-0.39, 0.29) is 0 Å². The number of hydrogen-bond acceptors (Lipinski definition) is 2. The summed E-state index contributed by atoms with van der Waals surface area (Å²) in [6, 6.07) is 0. The first-order valence-corrected chi connectivity index (χ1v) is 12.7. The van der Waals surface area contributed by atoms with E-state index in [1.807, 2.05) is 0 Å². The molecule has 1 heterocycles. The van der Waals surface area contributed by atoms with E-state index in [2.05, 4.69) is 21.6 Å². The second-order valence-corrected chi connectivity index (χ2v) is 14.0. The molecule has 0 amide bonds. The highest BCUT2D eigenvalue weighted by molar-refractivity contribution is 8.93. The van der Waals surface area contributed by atoms with Crippen LogP contribution in [-0.4, -0.2) is 4.08 Å². The fourth-order valence-electron chi connectivity index (χ4n) is 9.99. The van der Waals surface area contributed by atoms with Crippen LogP contribution >= 0.6 is 21.6 Å². The van der Waals surface area contributed by atoms with E-state index in [1.54, 1.807) is 77.0 Å². The molecule has 0 spiro atoms. The average Bonchev–Trinajstić information content (AvgIpc) is 3.26. The van der Waals surface area contributed by atoms with Crippen molar-refractivity contribution in [2.24, 2.45) is 46.3 Å². The summed E-state index contributed by atoms with van der Waals surface area (Å²) in [7, 11) is 4.82. The molecule has 126 valence electrons. The molecule has 0 unspecified atom stereocenters. The van der Waals surface area contributed by atoms with E-state index in [1.165, 1.54) is 0 Å². The number of rotatable bonds is 2. The lowest BCUT2D eigenvalue weighted by Crippen LogP contribution is -2.61. The van der Waals surface area contributed by atoms with E-state index < -0.39 is 0 Å². The van der Waals surface area contributed by atoms with Gasteiger partial charge in [0.25, 0.3) is 0 Å². The molecule has 23 heavy (non-hydrogen) atoms. The highest BCUT2D eigenvalue weighted by Gasteiger charge is 2.76. The van der Waals surface area contributed by atoms with E-state index in [0.717, 1.165) is 46.3 Å². The van der Waals surface area contributed by atoms with E-state index in [9.17, 15) is 0 Å². The van der Waals surface area contributed by atoms with Crippen LogP contribution in [0.3, 0.4) is 0 Å². The van der Waals surface area contributed by atoms with Crippen LogP contribution in [0.15, 0.2) is 0 Å². The Balaban J connectivity index is 1.32. The Hall–Kier alpha value is 0.700. The summed E-state index contributed by atoms with van der Waals surface area (Å²) in [5.74, 6) is 6.80. The minimum Gasteiger partial charge on any atom is -0.0727 e. The molecule has 0 aromatic rings. The van der Waals surface area contributed by atoms with Crippen molar-refractivity contribution in [3.8, 4) is 0 Å². The van der Waals surface area contributed by atoms with E-state index in [0.29, 0.717) is 4.08 Å². The molecule has 0 N–H and O–H groups in total. The van der Waals surface area contributed by atoms with E-state index >= 15 is 0 Å². The molecule has 1 aliphatic heterocycles. The van der Waals surface area contributed by atoms with Crippen LogP contribution in [0.1, 0.15) is 77.0 Å². The molecule has 9 fully saturated rings. The second-order valence-electron chi connectivity index (χ2n) is 11.2. The van der Waals surface area contributed by atoms with Gasteiger partial charge in [0.2, 0.25) is 0 Å². The molecule has 8 saturated carbocycles. The highest BCUT2D eigenvalue weighted by Crippen LogP contribution is 2.89. The van der Waals surface area contributed by atoms with Gasteiger partial charge in [0.05, 0.1) is 4.08 Å². The molecule has 2 heteroatoms. The monoisotopic (exact) mass is 346 g/mol. The average molecular weight is 347 g/mol. The van der Waals surface area contributed by atoms with Crippen molar-refractivity contribution in [3.63, 3.8) is 0 Å². The van der Waals surface area contributed by atoms with Crippen LogP contribution in [0.5, 0.6) is 0 Å². The van der Waals surface area contributed by atoms with Gasteiger partial charge >= 0.3 is 0 Å². The maximum atomic E-state index is 2.41. The molecule has 9 rings (SSSR count). The first-order chi connectivity index (χ1) is 11.2. The van der Waals surface area contributed by atoms with Crippen LogP contribution in [-0.2, 0) is 0 Å². The molecular weight excluding hydrogens is 316 g/mol. The Morgan fingerprint density at radius 2 is 0.696 bits per heavy atom. The largest absolute Gasteiger partial charge is 0.0930 e. The summed E-state index contributed by atoms with van der Waals surface area (Å²) in [5.41, 5.74) is 1.56. The Bertz CT molecular complexity index is 444. The smallest absolute Gasteiger partial charge is 0.0727 e. The SMILES string of the molecule is C1C2CC3CC1CC(C1(C45CC6CC(CC(C6)C4)C5)SS1)(C2)C3. The molecule has 0 radical (unpaired) electrons. The Kier molecular flexibility index (Phi) is 2.50. The maximum Gasteiger partial charge on any atom is 0.0930 e. The van der Waals surface area contributed by atoms with Crippen molar-refractivity contribution in [2.75, 3.05) is 0 Å². The normalized spacial score (nSPS) is 63.7. The summed E-state index contributed by atoms with van der Waals surface area (Å²) in [5, 5.41) is 0. The lowest BCUT2D eigenvalue weighted by atomic mass is 9.41. The van der Waals surface area contributed by atoms with Gasteiger partial charge in [0, 0.05) is 0 Å². The summed E-state index contributed by atoms with van der Waals surface area (Å²) in [6.45, 7) is 0. The predicted octanol–water partition coefficient (Wildman–Crippen LogP) is 6.51. The molecule has 0 aromatic carbocycles. The van der Waals surface area contributed by atoms with Gasteiger partial charge < -0.3 is 0 Å². The zero-order chi connectivity index (χ0) is 14.9. The van der Waals surface area contributed by atoms with Gasteiger partial charge in [-0.2, -0.15) is 0 Å². The van der Waals surface area contributed by atoms with Crippen LogP contribution in [0.4, 0.5) is 0 Å². The first kappa shape index (κ1) is 13.8. The highest BCUT2D eigenvalue weighted by atomic mass is 33.2. The van der Waals surface area contributed by atoms with Gasteiger partial charge in [-0.3, -0.25) is 0 Å². The van der Waals surface area contributed by atoms with Crippen LogP contribution in [0.25, 0.3) is 0 Å². The minimum absolute atomic E-state index is 0.700. The zero-order valence-electron chi connectivity index (χ0n) is 14.3. The first-order valence-electron chi connectivity index (χ1n) is 10.5. The fraction of sp³-hybridized carbons (Fsp3) is 1.00. The third-order valence-electron chi connectivity index (χ3n) is 9.72. The van der Waals surface area contributed by atoms with Crippen molar-refractivity contribution >= 4 is 21.6 Å². The summed E-state index contributed by atoms with van der Waals surface area (Å²) in [6.07, 6.45) is 19.5. The van der Waals surface area contributed by atoms with Crippen LogP contribution in [0.2, 0.25) is 0 Å². The Morgan fingerprint density at radius 1 is 0.435 bits per heavy atom. The second kappa shape index (κ2) is 4.16. The van der Waals surface area contributed by atoms with Crippen molar-refractivity contribution in [1.82, 2.24) is 0 Å². The molecule has 0 aromatic heterocycles. The lowest BCUT2D eigenvalue weighted by molar-refractivity contribution is -0.125. The van der Waals surface area contributed by atoms with Crippen molar-refractivity contribution in [3.05, 3.63) is 0 Å². The van der Waals surface area contributed by atoms with Gasteiger partial charge in [0.15, 0.2) is 0 Å². The van der Waals surface area contributed by atoms with Crippen molar-refractivity contribution in [1.29, 1.82) is 0 Å². The summed E-state index contributed by atoms with van der Waals surface area (Å²) >= 11 is 0. The molecule has 8 aliphatic carbocycles. The van der Waals surface area contributed by atoms with Gasteiger partial charge in [0.1, 0.15) is 0 Å². The van der Waals surface area contributed by atoms with Gasteiger partial charge in [-0.15, -0.1) is 0 Å². The van der Waals surface area contributed by atoms with Gasteiger partial charge in [-0.05, 0) is 123 Å². The number of hydrogen-bond donors (Lipinski definition) is 0. The quantitative estimate of drug-likeness (QED) is 0.413. The van der Waals surface area contributed by atoms with E-state index in [4.69, 9.17) is 0 Å². The predicted molar refractivity (Wildman–Crippen MR) is 99.1 cm³/mol. The Morgan fingerprint density at radius 3 is 0.913 bits per heavy atom. The standard InChI is InChI=1S/C21H30S2/c1-13-2-15-3-14(1)8-19(7-13,9-15)21(22-23-21)20-10-16-4-17(11-20)6-18(5-16)12-20/h13-18H,1-12H2. The summed E-state index contributed by atoms with van der Waals surface area (Å²) in [4.78, 5) is 0. The Labute approximate surface area is 149 Å². The van der Waals surface area contributed by atoms with Crippen LogP contribution < -0.4 is 0 Å². The third-order valence-corrected chi connectivity index (χ3v) is 13.5. The zero-order valence-corrected chi connectivity index (χ0v) is 15.9. The lowest BCUT2D eigenvalue weighted by Gasteiger charge is -2.66. The fourth-order valence-corrected chi connectivity index (χ4v) is 14.1. The minimum atomic E-state index is 0.700. The molecule has 1 saturated heterocycles. The topological polar surface area (TPSA) is 0 Å². The maximum absolute atomic E-state index is 2.41. The molecule has 9 aliphatic rings. The molecular formula is C21H30S2. The van der Waals surface area contributed by atoms with Crippen molar-refractivity contribution in [2.45, 2.75) is 81.1 Å². The van der Waals surface area contributed by atoms with Crippen molar-refractivity contribution < 1.29 is 0 Å².